The molecule has 0 bridgehead atoms. The number of ketones is 1. The van der Waals surface area contributed by atoms with E-state index in [-0.39, 0.29) is 11.3 Å². The number of Topliss-reactive ketones (excluding diaryl/α,β-unsaturated/α-hetero) is 1. The average molecular weight is 213 g/mol. The summed E-state index contributed by atoms with van der Waals surface area (Å²) in [4.78, 5) is 22.1. The summed E-state index contributed by atoms with van der Waals surface area (Å²) in [6.07, 6.45) is 0. The van der Waals surface area contributed by atoms with Crippen LogP contribution in [0.2, 0.25) is 0 Å². The van der Waals surface area contributed by atoms with Gasteiger partial charge in [0.2, 0.25) is 0 Å². The summed E-state index contributed by atoms with van der Waals surface area (Å²) in [5, 5.41) is 2.30. The Bertz CT molecular complexity index is 445. The summed E-state index contributed by atoms with van der Waals surface area (Å²) in [6.45, 7) is -2.96. The molecule has 0 spiro atoms. The van der Waals surface area contributed by atoms with Crippen molar-refractivity contribution >= 4 is 17.4 Å². The molecule has 1 heterocycles. The molecule has 0 saturated heterocycles. The summed E-state index contributed by atoms with van der Waals surface area (Å²) in [5.74, 6) is -1.66. The molecule has 0 aliphatic carbocycles. The summed E-state index contributed by atoms with van der Waals surface area (Å²) < 4.78 is 27.8. The molecule has 0 saturated carbocycles. The second-order valence-corrected chi connectivity index (χ2v) is 2.87. The summed E-state index contributed by atoms with van der Waals surface area (Å²) >= 11 is 0. The fraction of sp³-hybridized carbons (Fsp3) is 0.111. The predicted octanol–water partition coefficient (Wildman–Crippen LogP) is 1.42. The molecule has 1 aliphatic rings. The normalized spacial score (nSPS) is 14.1. The van der Waals surface area contributed by atoms with Gasteiger partial charge in [-0.1, -0.05) is 0 Å². The highest BCUT2D eigenvalue weighted by Crippen LogP contribution is 2.27. The van der Waals surface area contributed by atoms with Gasteiger partial charge in [0.25, 0.3) is 11.7 Å². The van der Waals surface area contributed by atoms with E-state index in [9.17, 15) is 18.4 Å². The predicted molar refractivity (Wildman–Crippen MR) is 46.0 cm³/mol. The zero-order chi connectivity index (χ0) is 11.0. The van der Waals surface area contributed by atoms with E-state index in [1.165, 1.54) is 12.1 Å². The van der Waals surface area contributed by atoms with Crippen LogP contribution >= 0.6 is 0 Å². The zero-order valence-corrected chi connectivity index (χ0v) is 7.29. The van der Waals surface area contributed by atoms with E-state index in [4.69, 9.17) is 0 Å². The lowest BCUT2D eigenvalue weighted by Crippen LogP contribution is -2.12. The van der Waals surface area contributed by atoms with Crippen LogP contribution in [0.5, 0.6) is 5.75 Å². The minimum atomic E-state index is -2.96. The van der Waals surface area contributed by atoms with E-state index in [0.29, 0.717) is 5.69 Å². The van der Waals surface area contributed by atoms with Crippen molar-refractivity contribution in [2.45, 2.75) is 6.61 Å². The van der Waals surface area contributed by atoms with E-state index >= 15 is 0 Å². The maximum absolute atomic E-state index is 11.9. The van der Waals surface area contributed by atoms with Crippen molar-refractivity contribution in [1.29, 1.82) is 0 Å². The number of anilines is 1. The summed E-state index contributed by atoms with van der Waals surface area (Å²) in [6, 6.07) is 3.71. The number of ether oxygens (including phenoxy) is 1. The lowest BCUT2D eigenvalue weighted by atomic mass is 10.1. The maximum Gasteiger partial charge on any atom is 0.387 e. The maximum atomic E-state index is 11.9. The molecular weight excluding hydrogens is 208 g/mol. The monoisotopic (exact) mass is 213 g/mol. The quantitative estimate of drug-likeness (QED) is 0.756. The Morgan fingerprint density at radius 3 is 2.67 bits per heavy atom. The number of rotatable bonds is 2. The Morgan fingerprint density at radius 1 is 1.27 bits per heavy atom. The molecule has 2 rings (SSSR count). The van der Waals surface area contributed by atoms with Gasteiger partial charge in [-0.25, -0.2) is 0 Å². The number of hydrogen-bond donors (Lipinski definition) is 1. The molecule has 0 fully saturated rings. The average Bonchev–Trinajstić information content (AvgIpc) is 2.43. The highest BCUT2D eigenvalue weighted by atomic mass is 19.3. The number of halogens is 2. The molecule has 0 unspecified atom stereocenters. The lowest BCUT2D eigenvalue weighted by molar-refractivity contribution is -0.112. The van der Waals surface area contributed by atoms with Gasteiger partial charge in [-0.15, -0.1) is 0 Å². The van der Waals surface area contributed by atoms with E-state index in [1.54, 1.807) is 0 Å². The molecule has 0 atom stereocenters. The van der Waals surface area contributed by atoms with Crippen LogP contribution in [-0.4, -0.2) is 18.3 Å². The molecule has 1 aromatic carbocycles. The molecule has 0 aromatic heterocycles. The number of nitrogens with one attached hydrogen (secondary N) is 1. The number of alkyl halides is 2. The molecule has 6 heteroatoms. The third-order valence-corrected chi connectivity index (χ3v) is 1.92. The van der Waals surface area contributed by atoms with E-state index in [0.717, 1.165) is 6.07 Å². The Kier molecular flexibility index (Phi) is 2.11. The van der Waals surface area contributed by atoms with Gasteiger partial charge >= 0.3 is 6.61 Å². The van der Waals surface area contributed by atoms with Crippen LogP contribution in [0, 0.1) is 0 Å². The van der Waals surface area contributed by atoms with Crippen molar-refractivity contribution in [1.82, 2.24) is 0 Å². The molecule has 0 radical (unpaired) electrons. The van der Waals surface area contributed by atoms with Gasteiger partial charge in [0, 0.05) is 0 Å². The van der Waals surface area contributed by atoms with Gasteiger partial charge in [0.05, 0.1) is 11.3 Å². The van der Waals surface area contributed by atoms with Crippen LogP contribution in [0.1, 0.15) is 10.4 Å². The topological polar surface area (TPSA) is 55.4 Å². The third-order valence-electron chi connectivity index (χ3n) is 1.92. The van der Waals surface area contributed by atoms with Crippen molar-refractivity contribution in [2.24, 2.45) is 0 Å². The highest BCUT2D eigenvalue weighted by Gasteiger charge is 2.28. The Morgan fingerprint density at radius 2 is 2.00 bits per heavy atom. The van der Waals surface area contributed by atoms with Crippen molar-refractivity contribution in [3.8, 4) is 5.75 Å². The Hall–Kier alpha value is -1.98. The third kappa shape index (κ3) is 1.65. The van der Waals surface area contributed by atoms with Crippen molar-refractivity contribution in [2.75, 3.05) is 5.32 Å². The van der Waals surface area contributed by atoms with Crippen molar-refractivity contribution < 1.29 is 23.1 Å². The Balaban J connectivity index is 2.35. The SMILES string of the molecule is O=C1Nc2ccc(OC(F)F)cc2C1=O. The second-order valence-electron chi connectivity index (χ2n) is 2.87. The number of amides is 1. The zero-order valence-electron chi connectivity index (χ0n) is 7.29. The number of benzene rings is 1. The molecule has 1 aliphatic heterocycles. The molecule has 1 N–H and O–H groups in total. The van der Waals surface area contributed by atoms with E-state index < -0.39 is 18.3 Å². The van der Waals surface area contributed by atoms with E-state index in [1.807, 2.05) is 0 Å². The van der Waals surface area contributed by atoms with Gasteiger partial charge in [-0.2, -0.15) is 8.78 Å². The highest BCUT2D eigenvalue weighted by molar-refractivity contribution is 6.51. The van der Waals surface area contributed by atoms with Crippen LogP contribution in [0.3, 0.4) is 0 Å². The fourth-order valence-electron chi connectivity index (χ4n) is 1.30. The smallest absolute Gasteiger partial charge is 0.387 e. The first-order chi connectivity index (χ1) is 7.08. The van der Waals surface area contributed by atoms with Crippen LogP contribution in [0.15, 0.2) is 18.2 Å². The van der Waals surface area contributed by atoms with Crippen molar-refractivity contribution in [3.05, 3.63) is 23.8 Å². The molecule has 15 heavy (non-hydrogen) atoms. The first-order valence-corrected chi connectivity index (χ1v) is 4.02. The number of carbonyl (C=O) groups is 2. The first kappa shape index (κ1) is 9.57. The van der Waals surface area contributed by atoms with Gasteiger partial charge in [0.15, 0.2) is 0 Å². The van der Waals surface area contributed by atoms with E-state index in [2.05, 4.69) is 10.1 Å². The standard InChI is InChI=1S/C9H5F2NO3/c10-9(11)15-4-1-2-6-5(3-4)7(13)8(14)12-6/h1-3,9H,(H,12,13,14). The van der Waals surface area contributed by atoms with Crippen LogP contribution in [0.25, 0.3) is 0 Å². The molecular formula is C9H5F2NO3. The first-order valence-electron chi connectivity index (χ1n) is 4.02. The molecule has 1 aromatic rings. The summed E-state index contributed by atoms with van der Waals surface area (Å²) in [5.41, 5.74) is 0.366. The van der Waals surface area contributed by atoms with Gasteiger partial charge in [-0.05, 0) is 18.2 Å². The summed E-state index contributed by atoms with van der Waals surface area (Å²) in [7, 11) is 0. The minimum absolute atomic E-state index is 0.0538. The van der Waals surface area contributed by atoms with Gasteiger partial charge < -0.3 is 10.1 Å². The van der Waals surface area contributed by atoms with Crippen molar-refractivity contribution in [3.63, 3.8) is 0 Å². The largest absolute Gasteiger partial charge is 0.435 e. The van der Waals surface area contributed by atoms with Gasteiger partial charge in [0.1, 0.15) is 5.75 Å². The van der Waals surface area contributed by atoms with Crippen LogP contribution in [0.4, 0.5) is 14.5 Å². The Labute approximate surface area is 82.8 Å². The minimum Gasteiger partial charge on any atom is -0.435 e. The lowest BCUT2D eigenvalue weighted by Gasteiger charge is -2.04. The van der Waals surface area contributed by atoms with Crippen LogP contribution in [-0.2, 0) is 4.79 Å². The molecule has 1 amide bonds. The molecule has 78 valence electrons. The number of carbonyl (C=O) groups excluding carboxylic acids is 2. The fourth-order valence-corrected chi connectivity index (χ4v) is 1.30. The van der Waals surface area contributed by atoms with Crippen LogP contribution < -0.4 is 10.1 Å². The molecule has 4 nitrogen and oxygen atoms in total. The number of fused-ring (bicyclic) bond motifs is 1. The second kappa shape index (κ2) is 3.30. The number of hydrogen-bond acceptors (Lipinski definition) is 3. The van der Waals surface area contributed by atoms with Gasteiger partial charge in [-0.3, -0.25) is 9.59 Å².